The molecule has 0 amide bonds. The summed E-state index contributed by atoms with van der Waals surface area (Å²) in [5.41, 5.74) is 0. The van der Waals surface area contributed by atoms with Gasteiger partial charge in [-0.1, -0.05) is 0 Å². The Morgan fingerprint density at radius 2 is 1.00 bits per heavy atom. The van der Waals surface area contributed by atoms with E-state index in [1.165, 1.54) is 5.90 Å². The zero-order valence-electron chi connectivity index (χ0n) is 15.9. The molecule has 0 aliphatic carbocycles. The van der Waals surface area contributed by atoms with E-state index in [0.717, 1.165) is 0 Å². The Balaban J connectivity index is 5.96. The Bertz CT molecular complexity index is 307. The summed E-state index contributed by atoms with van der Waals surface area (Å²) in [6.45, 7) is 22.7. The van der Waals surface area contributed by atoms with E-state index in [2.05, 4.69) is 104 Å². The van der Waals surface area contributed by atoms with Crippen LogP contribution < -0.4 is 0 Å². The summed E-state index contributed by atoms with van der Waals surface area (Å²) in [4.78, 5) is 0. The predicted octanol–water partition coefficient (Wildman–Crippen LogP) is 7.56. The largest absolute Gasteiger partial charge is 0.181 e. The molecule has 1 atom stereocenters. The average molecular weight is 357 g/mol. The lowest BCUT2D eigenvalue weighted by Gasteiger charge is -2.47. The summed E-state index contributed by atoms with van der Waals surface area (Å²) in [5, 5.41) is 1.25. The first-order valence-corrected chi connectivity index (χ1v) is 15.5. The van der Waals surface area contributed by atoms with Gasteiger partial charge < -0.3 is 0 Å². The molecule has 0 nitrogen and oxygen atoms in total. The van der Waals surface area contributed by atoms with E-state index in [9.17, 15) is 0 Å². The Morgan fingerprint density at radius 1 is 0.650 bits per heavy atom. The van der Waals surface area contributed by atoms with Crippen molar-refractivity contribution in [3.05, 3.63) is 0 Å². The second-order valence-electron chi connectivity index (χ2n) is 8.86. The van der Waals surface area contributed by atoms with Crippen molar-refractivity contribution in [3.63, 3.8) is 0 Å². The van der Waals surface area contributed by atoms with Crippen molar-refractivity contribution in [2.75, 3.05) is 25.1 Å². The van der Waals surface area contributed by atoms with E-state index in [4.69, 9.17) is 0 Å². The normalized spacial score (nSPS) is 18.0. The SMILES string of the molecule is CS[P+](C)(C[P+](SC)(C(C)(C)C)C(C)(C)C)C(C)(C)C. The van der Waals surface area contributed by atoms with Gasteiger partial charge in [-0.05, 0) is 62.3 Å². The van der Waals surface area contributed by atoms with Crippen molar-refractivity contribution < 1.29 is 0 Å². The quantitative estimate of drug-likeness (QED) is 0.477. The van der Waals surface area contributed by atoms with Crippen molar-refractivity contribution in [1.82, 2.24) is 0 Å². The molecule has 0 saturated heterocycles. The highest BCUT2D eigenvalue weighted by molar-refractivity contribution is 8.69. The van der Waals surface area contributed by atoms with E-state index in [-0.39, 0.29) is 0 Å². The Labute approximate surface area is 138 Å². The second kappa shape index (κ2) is 6.59. The molecule has 0 aliphatic heterocycles. The van der Waals surface area contributed by atoms with Gasteiger partial charge in [-0.15, -0.1) is 0 Å². The summed E-state index contributed by atoms with van der Waals surface area (Å²) >= 11 is 4.39. The lowest BCUT2D eigenvalue weighted by Crippen LogP contribution is -2.35. The molecule has 0 aromatic carbocycles. The molecule has 0 aromatic heterocycles. The fraction of sp³-hybridized carbons (Fsp3) is 1.00. The third kappa shape index (κ3) is 4.10. The molecule has 0 fully saturated rings. The van der Waals surface area contributed by atoms with Gasteiger partial charge in [0, 0.05) is 35.3 Å². The zero-order chi connectivity index (χ0) is 16.6. The fourth-order valence-corrected chi connectivity index (χ4v) is 27.0. The minimum Gasteiger partial charge on any atom is -0.0249 e. The Morgan fingerprint density at radius 3 is 1.15 bits per heavy atom. The van der Waals surface area contributed by atoms with Crippen LogP contribution in [0.4, 0.5) is 0 Å². The van der Waals surface area contributed by atoms with Crippen LogP contribution in [0.3, 0.4) is 0 Å². The molecule has 0 radical (unpaired) electrons. The third-order valence-electron chi connectivity index (χ3n) is 4.77. The summed E-state index contributed by atoms with van der Waals surface area (Å²) in [7, 11) is 0. The highest BCUT2D eigenvalue weighted by Crippen LogP contribution is 2.93. The first kappa shape index (κ1) is 21.6. The van der Waals surface area contributed by atoms with Crippen LogP contribution in [0.25, 0.3) is 0 Å². The lowest BCUT2D eigenvalue weighted by atomic mass is 10.2. The molecule has 1 unspecified atom stereocenters. The molecule has 0 aliphatic rings. The molecular weight excluding hydrogens is 318 g/mol. The molecule has 0 aromatic rings. The van der Waals surface area contributed by atoms with E-state index in [1.807, 2.05) is 0 Å². The highest BCUT2D eigenvalue weighted by atomic mass is 32.8. The van der Waals surface area contributed by atoms with Crippen molar-refractivity contribution in [1.29, 1.82) is 0 Å². The van der Waals surface area contributed by atoms with E-state index >= 15 is 0 Å². The van der Waals surface area contributed by atoms with Gasteiger partial charge in [0.05, 0.1) is 22.1 Å². The summed E-state index contributed by atoms with van der Waals surface area (Å²) in [6.07, 6.45) is 4.72. The molecule has 0 rings (SSSR count). The minimum atomic E-state index is -1.13. The van der Waals surface area contributed by atoms with Crippen molar-refractivity contribution in [2.24, 2.45) is 0 Å². The fourth-order valence-electron chi connectivity index (χ4n) is 2.96. The van der Waals surface area contributed by atoms with Gasteiger partial charge in [-0.3, -0.25) is 0 Å². The van der Waals surface area contributed by atoms with Crippen molar-refractivity contribution in [3.8, 4) is 0 Å². The number of rotatable bonds is 4. The van der Waals surface area contributed by atoms with Gasteiger partial charge in [0.1, 0.15) is 12.9 Å². The molecule has 0 heterocycles. The van der Waals surface area contributed by atoms with E-state index in [0.29, 0.717) is 15.5 Å². The van der Waals surface area contributed by atoms with Gasteiger partial charge in [-0.25, -0.2) is 0 Å². The highest BCUT2D eigenvalue weighted by Gasteiger charge is 2.66. The van der Waals surface area contributed by atoms with Crippen molar-refractivity contribution >= 4 is 35.7 Å². The van der Waals surface area contributed by atoms with Gasteiger partial charge in [-0.2, -0.15) is 0 Å². The number of hydrogen-bond donors (Lipinski definition) is 0. The molecule has 122 valence electrons. The standard InChI is InChI=1S/C16H38P2S2/c1-14(2,3)17(10,19-11)13-18(20-12,15(4,5)6)16(7,8)9/h13H2,1-12H3/q+2. The molecule has 0 N–H and O–H groups in total. The minimum absolute atomic E-state index is 0.410. The van der Waals surface area contributed by atoms with E-state index < -0.39 is 12.9 Å². The number of hydrogen-bond acceptors (Lipinski definition) is 2. The zero-order valence-corrected chi connectivity index (χ0v) is 19.3. The van der Waals surface area contributed by atoms with E-state index in [1.54, 1.807) is 0 Å². The maximum absolute atomic E-state index is 2.60. The van der Waals surface area contributed by atoms with Gasteiger partial charge >= 0.3 is 0 Å². The van der Waals surface area contributed by atoms with Crippen LogP contribution in [0.15, 0.2) is 0 Å². The molecule has 0 saturated carbocycles. The molecule has 20 heavy (non-hydrogen) atoms. The summed E-state index contributed by atoms with van der Waals surface area (Å²) < 4.78 is 0. The van der Waals surface area contributed by atoms with Crippen LogP contribution >= 0.6 is 35.7 Å². The van der Waals surface area contributed by atoms with Crippen LogP contribution in [0.1, 0.15) is 62.3 Å². The molecular formula is C16H38P2S2+2. The second-order valence-corrected chi connectivity index (χ2v) is 24.9. The van der Waals surface area contributed by atoms with Crippen LogP contribution in [0.5, 0.6) is 0 Å². The smallest absolute Gasteiger partial charge is 0.0249 e. The summed E-state index contributed by atoms with van der Waals surface area (Å²) in [6, 6.07) is 0. The monoisotopic (exact) mass is 356 g/mol. The maximum atomic E-state index is 2.60. The predicted molar refractivity (Wildman–Crippen MR) is 111 cm³/mol. The first-order valence-electron chi connectivity index (χ1n) is 7.43. The van der Waals surface area contributed by atoms with Crippen molar-refractivity contribution in [2.45, 2.75) is 77.8 Å². The van der Waals surface area contributed by atoms with Crippen LogP contribution in [0.2, 0.25) is 0 Å². The van der Waals surface area contributed by atoms with Gasteiger partial charge in [0.15, 0.2) is 5.90 Å². The maximum Gasteiger partial charge on any atom is 0.181 e. The van der Waals surface area contributed by atoms with Crippen LogP contribution in [-0.4, -0.2) is 40.5 Å². The third-order valence-corrected chi connectivity index (χ3v) is 28.4. The molecule has 0 spiro atoms. The topological polar surface area (TPSA) is 0 Å². The Kier molecular flexibility index (Phi) is 7.10. The Hall–Kier alpha value is 1.56. The van der Waals surface area contributed by atoms with Gasteiger partial charge in [0.2, 0.25) is 0 Å². The van der Waals surface area contributed by atoms with Crippen LogP contribution in [-0.2, 0) is 0 Å². The summed E-state index contributed by atoms with van der Waals surface area (Å²) in [5.74, 6) is 1.46. The molecule has 0 bridgehead atoms. The molecule has 4 heteroatoms. The van der Waals surface area contributed by atoms with Gasteiger partial charge in [0.25, 0.3) is 0 Å². The average Bonchev–Trinajstić information content (AvgIpc) is 2.20. The first-order chi connectivity index (χ1) is 8.58. The van der Waals surface area contributed by atoms with Crippen LogP contribution in [0, 0.1) is 0 Å². The lowest BCUT2D eigenvalue weighted by molar-refractivity contribution is 0.703.